The second kappa shape index (κ2) is 13.6. The van der Waals surface area contributed by atoms with Crippen molar-refractivity contribution in [3.05, 3.63) is 46.2 Å². The second-order valence-electron chi connectivity index (χ2n) is 12.9. The summed E-state index contributed by atoms with van der Waals surface area (Å²) >= 11 is 0. The number of hydrogen-bond acceptors (Lipinski definition) is 7. The molecule has 2 bridgehead atoms. The van der Waals surface area contributed by atoms with Crippen LogP contribution in [0.3, 0.4) is 0 Å². The minimum Gasteiger partial charge on any atom is -0.444 e. The van der Waals surface area contributed by atoms with Gasteiger partial charge >= 0.3 is 12.1 Å². The maximum Gasteiger partial charge on any atom is 0.407 e. The number of nitrogens with zero attached hydrogens (tertiary/aromatic N) is 5. The summed E-state index contributed by atoms with van der Waals surface area (Å²) < 4.78 is 7.54. The predicted molar refractivity (Wildman–Crippen MR) is 169 cm³/mol. The van der Waals surface area contributed by atoms with Crippen molar-refractivity contribution in [3.8, 4) is 0 Å². The molecule has 240 valence electrons. The molecule has 12 nitrogen and oxygen atoms in total. The van der Waals surface area contributed by atoms with Gasteiger partial charge in [-0.2, -0.15) is 0 Å². The van der Waals surface area contributed by atoms with Crippen LogP contribution < -0.4 is 16.2 Å². The number of para-hydroxylation sites is 1. The Balaban J connectivity index is 1.22. The van der Waals surface area contributed by atoms with E-state index in [0.29, 0.717) is 26.2 Å². The molecule has 2 aromatic rings. The van der Waals surface area contributed by atoms with Crippen molar-refractivity contribution < 1.29 is 19.1 Å². The lowest BCUT2D eigenvalue weighted by Gasteiger charge is -2.42. The van der Waals surface area contributed by atoms with Crippen LogP contribution in [0.4, 0.5) is 9.59 Å². The number of amides is 4. The van der Waals surface area contributed by atoms with E-state index in [1.807, 2.05) is 43.0 Å². The number of pyridine rings is 1. The summed E-state index contributed by atoms with van der Waals surface area (Å²) in [6.07, 6.45) is 2.83. The van der Waals surface area contributed by atoms with Crippen LogP contribution in [0.25, 0.3) is 10.9 Å². The van der Waals surface area contributed by atoms with Crippen LogP contribution in [0, 0.1) is 0 Å². The molecule has 2 N–H and O–H groups in total. The number of fused-ring (bicyclic) bond motifs is 3. The molecule has 0 spiro atoms. The van der Waals surface area contributed by atoms with Crippen molar-refractivity contribution in [1.82, 2.24) is 34.8 Å². The molecule has 4 atom stereocenters. The van der Waals surface area contributed by atoms with Gasteiger partial charge in [0.2, 0.25) is 0 Å². The lowest BCUT2D eigenvalue weighted by atomic mass is 9.96. The minimum atomic E-state index is -0.451. The number of benzene rings is 1. The van der Waals surface area contributed by atoms with E-state index in [1.54, 1.807) is 36.7 Å². The predicted octanol–water partition coefficient (Wildman–Crippen LogP) is 2.33. The molecular formula is C32H47N7O5. The number of ether oxygens (including phenoxy) is 1. The van der Waals surface area contributed by atoms with Crippen LogP contribution >= 0.6 is 0 Å². The molecule has 0 saturated carbocycles. The number of piperidine rings is 1. The maximum atomic E-state index is 13.5. The fourth-order valence-electron chi connectivity index (χ4n) is 7.18. The highest BCUT2D eigenvalue weighted by Gasteiger charge is 2.42. The Labute approximate surface area is 259 Å². The summed E-state index contributed by atoms with van der Waals surface area (Å²) in [4.78, 5) is 59.7. The first kappa shape index (κ1) is 31.8. The summed E-state index contributed by atoms with van der Waals surface area (Å²) in [5.74, 6) is -0.319. The summed E-state index contributed by atoms with van der Waals surface area (Å²) in [5.41, 5.74) is 0.740. The van der Waals surface area contributed by atoms with E-state index in [1.165, 1.54) is 0 Å². The summed E-state index contributed by atoms with van der Waals surface area (Å²) in [6.45, 7) is 7.84. The van der Waals surface area contributed by atoms with Crippen LogP contribution in [-0.4, -0.2) is 127 Å². The van der Waals surface area contributed by atoms with Crippen molar-refractivity contribution >= 4 is 28.9 Å². The first-order valence-electron chi connectivity index (χ1n) is 15.8. The zero-order chi connectivity index (χ0) is 31.5. The van der Waals surface area contributed by atoms with Gasteiger partial charge in [0, 0.05) is 84.6 Å². The van der Waals surface area contributed by atoms with Gasteiger partial charge in [0.15, 0.2) is 0 Å². The van der Waals surface area contributed by atoms with Gasteiger partial charge in [-0.05, 0) is 57.0 Å². The molecule has 3 aliphatic heterocycles. The SMILES string of the molecule is CNC(=O)OC(CN1CCN(C(=O)N(C)C)CC1)CN1[C@@H]2CC[C@H]1CC(NC(=O)c1cc3ccccc3n(C(C)C)c1=O)C2. The molecule has 1 aromatic carbocycles. The highest BCUT2D eigenvalue weighted by molar-refractivity contribution is 5.97. The van der Waals surface area contributed by atoms with E-state index in [-0.39, 0.29) is 53.3 Å². The van der Waals surface area contributed by atoms with E-state index in [2.05, 4.69) is 20.4 Å². The third kappa shape index (κ3) is 6.86. The second-order valence-corrected chi connectivity index (χ2v) is 12.9. The number of alkyl carbamates (subject to hydrolysis) is 1. The van der Waals surface area contributed by atoms with Crippen molar-refractivity contribution in [1.29, 1.82) is 0 Å². The van der Waals surface area contributed by atoms with Gasteiger partial charge in [0.25, 0.3) is 11.5 Å². The molecule has 44 heavy (non-hydrogen) atoms. The molecule has 0 aliphatic carbocycles. The third-order valence-electron chi connectivity index (χ3n) is 9.31. The molecule has 5 rings (SSSR count). The van der Waals surface area contributed by atoms with Crippen LogP contribution in [0.15, 0.2) is 35.1 Å². The Bertz CT molecular complexity index is 1400. The topological polar surface area (TPSA) is 119 Å². The van der Waals surface area contributed by atoms with E-state index >= 15 is 0 Å². The normalized spacial score (nSPS) is 23.0. The summed E-state index contributed by atoms with van der Waals surface area (Å²) in [5, 5.41) is 6.64. The van der Waals surface area contributed by atoms with Crippen LogP contribution in [0.1, 0.15) is 55.9 Å². The Morgan fingerprint density at radius 3 is 2.27 bits per heavy atom. The zero-order valence-corrected chi connectivity index (χ0v) is 26.6. The Morgan fingerprint density at radius 2 is 1.66 bits per heavy atom. The fourth-order valence-corrected chi connectivity index (χ4v) is 7.18. The molecular weight excluding hydrogens is 562 g/mol. The molecule has 4 heterocycles. The van der Waals surface area contributed by atoms with Crippen molar-refractivity contribution in [2.45, 2.75) is 69.8 Å². The van der Waals surface area contributed by atoms with Crippen molar-refractivity contribution in [2.24, 2.45) is 0 Å². The lowest BCUT2D eigenvalue weighted by Crippen LogP contribution is -2.56. The van der Waals surface area contributed by atoms with Crippen LogP contribution in [0.2, 0.25) is 0 Å². The van der Waals surface area contributed by atoms with Gasteiger partial charge in [0.05, 0.1) is 5.52 Å². The van der Waals surface area contributed by atoms with E-state index < -0.39 is 6.09 Å². The quantitative estimate of drug-likeness (QED) is 0.472. The van der Waals surface area contributed by atoms with Gasteiger partial charge in [-0.1, -0.05) is 18.2 Å². The number of rotatable bonds is 8. The molecule has 4 amide bonds. The number of hydrogen-bond donors (Lipinski definition) is 2. The smallest absolute Gasteiger partial charge is 0.407 e. The highest BCUT2D eigenvalue weighted by atomic mass is 16.6. The number of piperazine rings is 1. The molecule has 3 fully saturated rings. The highest BCUT2D eigenvalue weighted by Crippen LogP contribution is 2.36. The molecule has 0 radical (unpaired) electrons. The maximum absolute atomic E-state index is 13.5. The van der Waals surface area contributed by atoms with E-state index in [0.717, 1.165) is 49.7 Å². The van der Waals surface area contributed by atoms with Gasteiger partial charge in [0.1, 0.15) is 11.7 Å². The third-order valence-corrected chi connectivity index (χ3v) is 9.31. The van der Waals surface area contributed by atoms with Gasteiger partial charge in [-0.3, -0.25) is 19.4 Å². The fraction of sp³-hybridized carbons (Fsp3) is 0.625. The number of urea groups is 1. The van der Waals surface area contributed by atoms with Gasteiger partial charge in [-0.25, -0.2) is 9.59 Å². The summed E-state index contributed by atoms with van der Waals surface area (Å²) in [6, 6.07) is 9.81. The number of aromatic nitrogens is 1. The van der Waals surface area contributed by atoms with Crippen LogP contribution in [-0.2, 0) is 4.74 Å². The van der Waals surface area contributed by atoms with Crippen molar-refractivity contribution in [3.63, 3.8) is 0 Å². The van der Waals surface area contributed by atoms with E-state index in [9.17, 15) is 19.2 Å². The summed E-state index contributed by atoms with van der Waals surface area (Å²) in [7, 11) is 5.09. The Hall–Kier alpha value is -3.64. The first-order valence-corrected chi connectivity index (χ1v) is 15.8. The number of nitrogens with one attached hydrogen (secondary N) is 2. The Kier molecular flexibility index (Phi) is 9.79. The van der Waals surface area contributed by atoms with Crippen LogP contribution in [0.5, 0.6) is 0 Å². The standard InChI is InChI=1S/C32H47N7O5/c1-21(2)39-28-9-7-6-8-22(28)16-27(30(39)41)29(40)34-23-17-24-10-11-25(18-23)38(24)20-26(44-31(42)33-3)19-36-12-14-37(15-13-36)32(43)35(4)5/h6-9,16,21,23-26H,10-15,17-20H2,1-5H3,(H,33,42)(H,34,40)/t23?,24-,25+,26?. The zero-order valence-electron chi connectivity index (χ0n) is 26.6. The molecule has 3 saturated heterocycles. The average molecular weight is 610 g/mol. The van der Waals surface area contributed by atoms with E-state index in [4.69, 9.17) is 4.74 Å². The van der Waals surface area contributed by atoms with Gasteiger partial charge in [-0.15, -0.1) is 0 Å². The lowest BCUT2D eigenvalue weighted by molar-refractivity contribution is 0.0119. The molecule has 12 heteroatoms. The first-order chi connectivity index (χ1) is 21.0. The number of carbonyl (C=O) groups excluding carboxylic acids is 3. The Morgan fingerprint density at radius 1 is 1.00 bits per heavy atom. The average Bonchev–Trinajstić information content (AvgIpc) is 3.22. The molecule has 1 aromatic heterocycles. The minimum absolute atomic E-state index is 0.0144. The number of carbonyl (C=O) groups is 3. The monoisotopic (exact) mass is 609 g/mol. The van der Waals surface area contributed by atoms with Gasteiger partial charge < -0.3 is 29.7 Å². The largest absolute Gasteiger partial charge is 0.444 e. The van der Waals surface area contributed by atoms with Crippen molar-refractivity contribution in [2.75, 3.05) is 60.4 Å². The molecule has 3 aliphatic rings. The molecule has 2 unspecified atom stereocenters.